The third kappa shape index (κ3) is 6.69. The second kappa shape index (κ2) is 10.9. The van der Waals surface area contributed by atoms with Gasteiger partial charge in [-0.2, -0.15) is 0 Å². The zero-order valence-corrected chi connectivity index (χ0v) is 17.8. The van der Waals surface area contributed by atoms with Gasteiger partial charge in [0.25, 0.3) is 0 Å². The molecule has 2 aliphatic rings. The van der Waals surface area contributed by atoms with Gasteiger partial charge >= 0.3 is 6.03 Å². The Labute approximate surface area is 178 Å². The number of nitrogens with zero attached hydrogens (tertiary/aromatic N) is 2. The Morgan fingerprint density at radius 2 is 1.73 bits per heavy atom. The Kier molecular flexibility index (Phi) is 8.02. The highest BCUT2D eigenvalue weighted by atomic mass is 16.2. The molecule has 3 amide bonds. The maximum Gasteiger partial charge on any atom is 0.321 e. The van der Waals surface area contributed by atoms with Crippen LogP contribution in [0, 0.1) is 0 Å². The molecule has 0 saturated carbocycles. The Morgan fingerprint density at radius 1 is 1.00 bits per heavy atom. The fourth-order valence-electron chi connectivity index (χ4n) is 3.95. The molecule has 1 fully saturated rings. The minimum absolute atomic E-state index is 0.0625. The van der Waals surface area contributed by atoms with Crippen LogP contribution in [-0.2, 0) is 4.79 Å². The van der Waals surface area contributed by atoms with Crippen molar-refractivity contribution in [2.75, 3.05) is 44.2 Å². The molecule has 7 nitrogen and oxygen atoms in total. The number of anilines is 1. The summed E-state index contributed by atoms with van der Waals surface area (Å²) in [4.78, 5) is 39.8. The predicted molar refractivity (Wildman–Crippen MR) is 118 cm³/mol. The molecule has 0 unspecified atom stereocenters. The summed E-state index contributed by atoms with van der Waals surface area (Å²) in [6.45, 7) is 5.44. The lowest BCUT2D eigenvalue weighted by molar-refractivity contribution is -0.121. The van der Waals surface area contributed by atoms with Crippen molar-refractivity contribution in [3.63, 3.8) is 0 Å². The van der Waals surface area contributed by atoms with Gasteiger partial charge in [-0.15, -0.1) is 0 Å². The van der Waals surface area contributed by atoms with Crippen LogP contribution in [0.2, 0.25) is 0 Å². The topological polar surface area (TPSA) is 81.8 Å². The lowest BCUT2D eigenvalue weighted by atomic mass is 9.97. The number of carbonyl (C=O) groups excluding carboxylic acids is 3. The Morgan fingerprint density at radius 3 is 2.37 bits per heavy atom. The molecule has 0 bridgehead atoms. The molecular formula is C23H32N4O3. The summed E-state index contributed by atoms with van der Waals surface area (Å²) < 4.78 is 0. The van der Waals surface area contributed by atoms with Crippen molar-refractivity contribution in [3.05, 3.63) is 41.5 Å². The van der Waals surface area contributed by atoms with Crippen LogP contribution in [0.15, 0.2) is 35.9 Å². The van der Waals surface area contributed by atoms with Gasteiger partial charge in [-0.3, -0.25) is 19.8 Å². The first-order chi connectivity index (χ1) is 14.5. The number of hydrogen-bond acceptors (Lipinski definition) is 5. The van der Waals surface area contributed by atoms with Crippen LogP contribution >= 0.6 is 0 Å². The Bertz CT molecular complexity index is 780. The van der Waals surface area contributed by atoms with Crippen LogP contribution in [0.1, 0.15) is 49.4 Å². The second-order valence-electron chi connectivity index (χ2n) is 8.03. The number of urea groups is 1. The molecule has 0 spiro atoms. The molecule has 0 atom stereocenters. The van der Waals surface area contributed by atoms with Gasteiger partial charge in [-0.05, 0) is 63.3 Å². The summed E-state index contributed by atoms with van der Waals surface area (Å²) in [6.07, 6.45) is 7.87. The van der Waals surface area contributed by atoms with E-state index >= 15 is 0 Å². The highest BCUT2D eigenvalue weighted by Gasteiger charge is 2.20. The maximum atomic E-state index is 12.2. The summed E-state index contributed by atoms with van der Waals surface area (Å²) in [5.74, 6) is -0.212. The zero-order chi connectivity index (χ0) is 21.3. The number of ketones is 1. The van der Waals surface area contributed by atoms with E-state index in [0.717, 1.165) is 51.1 Å². The van der Waals surface area contributed by atoms with Crippen molar-refractivity contribution in [3.8, 4) is 0 Å². The van der Waals surface area contributed by atoms with Crippen molar-refractivity contribution < 1.29 is 14.4 Å². The van der Waals surface area contributed by atoms with E-state index in [9.17, 15) is 14.4 Å². The fourth-order valence-corrected chi connectivity index (χ4v) is 3.95. The zero-order valence-electron chi connectivity index (χ0n) is 17.8. The summed E-state index contributed by atoms with van der Waals surface area (Å²) >= 11 is 0. The van der Waals surface area contributed by atoms with Crippen LogP contribution in [0.5, 0.6) is 0 Å². The standard InChI is InChI=1S/C23H32N4O3/c1-18(28)20-7-9-21(10-8-20)27-15-13-26(14-16-27)17-22(29)25-23(30)24-12-11-19-5-3-2-4-6-19/h5,7-10H,2-4,6,11-17H2,1H3,(H2,24,25,29,30). The molecule has 1 aromatic carbocycles. The van der Waals surface area contributed by atoms with E-state index in [0.29, 0.717) is 12.1 Å². The summed E-state index contributed by atoms with van der Waals surface area (Å²) in [7, 11) is 0. The lowest BCUT2D eigenvalue weighted by Crippen LogP contribution is -2.51. The van der Waals surface area contributed by atoms with Gasteiger partial charge in [0, 0.05) is 44.0 Å². The number of carbonyl (C=O) groups is 3. The molecular weight excluding hydrogens is 380 g/mol. The number of nitrogens with one attached hydrogen (secondary N) is 2. The van der Waals surface area contributed by atoms with Gasteiger partial charge in [-0.1, -0.05) is 11.6 Å². The number of Topliss-reactive ketones (excluding diaryl/α,β-unsaturated/α-hetero) is 1. The van der Waals surface area contributed by atoms with E-state index in [4.69, 9.17) is 0 Å². The first-order valence-electron chi connectivity index (χ1n) is 10.8. The van der Waals surface area contributed by atoms with Crippen molar-refractivity contribution in [2.45, 2.75) is 39.0 Å². The SMILES string of the molecule is CC(=O)c1ccc(N2CCN(CC(=O)NC(=O)NCCC3=CCCCC3)CC2)cc1. The van der Waals surface area contributed by atoms with Crippen LogP contribution in [0.4, 0.5) is 10.5 Å². The van der Waals surface area contributed by atoms with Crippen LogP contribution in [0.3, 0.4) is 0 Å². The van der Waals surface area contributed by atoms with Gasteiger partial charge in [0.1, 0.15) is 0 Å². The van der Waals surface area contributed by atoms with Crippen molar-refractivity contribution in [2.24, 2.45) is 0 Å². The van der Waals surface area contributed by atoms with Gasteiger partial charge in [0.05, 0.1) is 6.54 Å². The number of benzene rings is 1. The number of imide groups is 1. The smallest absolute Gasteiger partial charge is 0.321 e. The molecule has 1 aliphatic carbocycles. The molecule has 162 valence electrons. The first-order valence-corrected chi connectivity index (χ1v) is 10.8. The average molecular weight is 413 g/mol. The van der Waals surface area contributed by atoms with E-state index in [-0.39, 0.29) is 18.2 Å². The van der Waals surface area contributed by atoms with Gasteiger partial charge in [0.2, 0.25) is 5.91 Å². The minimum atomic E-state index is -0.416. The van der Waals surface area contributed by atoms with E-state index in [2.05, 4.69) is 26.5 Å². The van der Waals surface area contributed by atoms with Crippen LogP contribution in [-0.4, -0.2) is 61.9 Å². The Balaban J connectivity index is 1.33. The van der Waals surface area contributed by atoms with Gasteiger partial charge in [-0.25, -0.2) is 4.79 Å². The number of piperazine rings is 1. The molecule has 1 aromatic rings. The normalized spacial score (nSPS) is 17.2. The summed E-state index contributed by atoms with van der Waals surface area (Å²) in [6, 6.07) is 7.21. The molecule has 30 heavy (non-hydrogen) atoms. The predicted octanol–water partition coefficient (Wildman–Crippen LogP) is 2.73. The van der Waals surface area contributed by atoms with E-state index in [1.165, 1.54) is 18.4 Å². The van der Waals surface area contributed by atoms with Crippen molar-refractivity contribution in [1.29, 1.82) is 0 Å². The van der Waals surface area contributed by atoms with Crippen molar-refractivity contribution >= 4 is 23.4 Å². The monoisotopic (exact) mass is 412 g/mol. The lowest BCUT2D eigenvalue weighted by Gasteiger charge is -2.35. The highest BCUT2D eigenvalue weighted by Crippen LogP contribution is 2.19. The van der Waals surface area contributed by atoms with Crippen LogP contribution < -0.4 is 15.5 Å². The quantitative estimate of drug-likeness (QED) is 0.532. The molecule has 0 aromatic heterocycles. The largest absolute Gasteiger partial charge is 0.369 e. The molecule has 1 saturated heterocycles. The summed E-state index contributed by atoms with van der Waals surface area (Å²) in [5, 5.41) is 5.21. The number of hydrogen-bond donors (Lipinski definition) is 2. The molecule has 0 radical (unpaired) electrons. The van der Waals surface area contributed by atoms with Crippen LogP contribution in [0.25, 0.3) is 0 Å². The second-order valence-corrected chi connectivity index (χ2v) is 8.03. The van der Waals surface area contributed by atoms with Gasteiger partial charge < -0.3 is 10.2 Å². The van der Waals surface area contributed by atoms with E-state index < -0.39 is 6.03 Å². The van der Waals surface area contributed by atoms with E-state index in [1.54, 1.807) is 6.92 Å². The molecule has 3 rings (SSSR count). The van der Waals surface area contributed by atoms with Gasteiger partial charge in [0.15, 0.2) is 5.78 Å². The third-order valence-corrected chi connectivity index (χ3v) is 5.75. The van der Waals surface area contributed by atoms with E-state index in [1.807, 2.05) is 24.3 Å². The minimum Gasteiger partial charge on any atom is -0.369 e. The number of rotatable bonds is 7. The number of amides is 3. The average Bonchev–Trinajstić information content (AvgIpc) is 2.75. The molecule has 7 heteroatoms. The maximum absolute atomic E-state index is 12.2. The first kappa shape index (κ1) is 22.0. The molecule has 1 heterocycles. The van der Waals surface area contributed by atoms with Crippen molar-refractivity contribution in [1.82, 2.24) is 15.5 Å². The molecule has 1 aliphatic heterocycles. The summed E-state index contributed by atoms with van der Waals surface area (Å²) in [5.41, 5.74) is 3.20. The number of allylic oxidation sites excluding steroid dienone is 1. The highest BCUT2D eigenvalue weighted by molar-refractivity contribution is 5.95. The Hall–Kier alpha value is -2.67. The fraction of sp³-hybridized carbons (Fsp3) is 0.522. The third-order valence-electron chi connectivity index (χ3n) is 5.75. The molecule has 2 N–H and O–H groups in total.